The summed E-state index contributed by atoms with van der Waals surface area (Å²) >= 11 is 0. The molecule has 1 aliphatic heterocycles. The van der Waals surface area contributed by atoms with Crippen LogP contribution in [0.2, 0.25) is 0 Å². The first-order valence-electron chi connectivity index (χ1n) is 8.97. The summed E-state index contributed by atoms with van der Waals surface area (Å²) in [6.45, 7) is 1.95. The van der Waals surface area contributed by atoms with Crippen LogP contribution in [-0.4, -0.2) is 11.0 Å². The number of hydrogen-bond donors (Lipinski definition) is 1. The quantitative estimate of drug-likeness (QED) is 0.545. The highest BCUT2D eigenvalue weighted by Crippen LogP contribution is 2.43. The van der Waals surface area contributed by atoms with Gasteiger partial charge in [-0.25, -0.2) is 4.79 Å². The number of fused-ring (bicyclic) bond motifs is 1. The van der Waals surface area contributed by atoms with Gasteiger partial charge in [-0.2, -0.15) is 5.26 Å². The van der Waals surface area contributed by atoms with Crippen molar-refractivity contribution in [1.29, 1.82) is 5.26 Å². The van der Waals surface area contributed by atoms with Gasteiger partial charge in [-0.15, -0.1) is 0 Å². The molecule has 3 aromatic rings. The molecular weight excluding hydrogens is 366 g/mol. The lowest BCUT2D eigenvalue weighted by molar-refractivity contribution is 0.0734. The Hall–Kier alpha value is -4.11. The van der Waals surface area contributed by atoms with Gasteiger partial charge >= 0.3 is 5.97 Å². The van der Waals surface area contributed by atoms with E-state index >= 15 is 0 Å². The minimum Gasteiger partial charge on any atom is -0.440 e. The Balaban J connectivity index is 1.68. The van der Waals surface area contributed by atoms with E-state index in [0.29, 0.717) is 22.6 Å². The lowest BCUT2D eigenvalue weighted by Gasteiger charge is -2.26. The molecule has 142 valence electrons. The molecule has 1 unspecified atom stereocenters. The summed E-state index contributed by atoms with van der Waals surface area (Å²) in [7, 11) is 0. The van der Waals surface area contributed by atoms with Crippen molar-refractivity contribution < 1.29 is 14.3 Å². The van der Waals surface area contributed by atoms with Crippen LogP contribution in [0.15, 0.2) is 78.4 Å². The first-order chi connectivity index (χ1) is 14.1. The molecule has 1 aromatic heterocycles. The fourth-order valence-corrected chi connectivity index (χ4v) is 3.25. The second-order valence-electron chi connectivity index (χ2n) is 6.66. The average Bonchev–Trinajstić information content (AvgIpc) is 2.73. The van der Waals surface area contributed by atoms with Crippen LogP contribution in [0.4, 0.5) is 0 Å². The lowest BCUT2D eigenvalue weighted by Crippen LogP contribution is -2.21. The van der Waals surface area contributed by atoms with Crippen molar-refractivity contribution >= 4 is 5.97 Å². The monoisotopic (exact) mass is 383 g/mol. The molecule has 6 nitrogen and oxygen atoms in total. The molecule has 4 rings (SSSR count). The van der Waals surface area contributed by atoms with Gasteiger partial charge in [0, 0.05) is 24.0 Å². The Bertz CT molecular complexity index is 1150. The van der Waals surface area contributed by atoms with Crippen molar-refractivity contribution in [2.24, 2.45) is 5.73 Å². The summed E-state index contributed by atoms with van der Waals surface area (Å²) in [5.41, 5.74) is 9.47. The molecule has 1 atom stereocenters. The average molecular weight is 383 g/mol. The number of aryl methyl sites for hydroxylation is 1. The lowest BCUT2D eigenvalue weighted by atomic mass is 9.84. The van der Waals surface area contributed by atoms with Gasteiger partial charge in [-0.3, -0.25) is 4.98 Å². The van der Waals surface area contributed by atoms with E-state index in [1.165, 1.54) is 0 Å². The summed E-state index contributed by atoms with van der Waals surface area (Å²) in [5.74, 6) is -0.0429. The standard InChI is InChI=1S/C23H17N3O3/c1-14-2-4-16(5-3-14)23(27)28-17-6-7-18-20(12-17)29-22(25)19(13-24)21(18)15-8-10-26-11-9-15/h2-12,21H,25H2,1H3. The molecule has 0 amide bonds. The van der Waals surface area contributed by atoms with E-state index in [0.717, 1.165) is 16.7 Å². The van der Waals surface area contributed by atoms with Gasteiger partial charge in [0.2, 0.25) is 5.88 Å². The third kappa shape index (κ3) is 3.54. The van der Waals surface area contributed by atoms with Gasteiger partial charge in [0.25, 0.3) is 0 Å². The summed E-state index contributed by atoms with van der Waals surface area (Å²) in [6.07, 6.45) is 3.32. The third-order valence-corrected chi connectivity index (χ3v) is 4.73. The summed E-state index contributed by atoms with van der Waals surface area (Å²) in [5, 5.41) is 9.58. The third-order valence-electron chi connectivity index (χ3n) is 4.73. The number of carbonyl (C=O) groups excluding carboxylic acids is 1. The number of esters is 1. The van der Waals surface area contributed by atoms with E-state index in [1.807, 2.05) is 31.2 Å². The minimum absolute atomic E-state index is 0.0313. The SMILES string of the molecule is Cc1ccc(C(=O)Oc2ccc3c(c2)OC(N)=C(C#N)C3c2ccncc2)cc1. The van der Waals surface area contributed by atoms with Crippen molar-refractivity contribution in [2.75, 3.05) is 0 Å². The number of allylic oxidation sites excluding steroid dienone is 1. The Morgan fingerprint density at radius 1 is 1.14 bits per heavy atom. The predicted molar refractivity (Wildman–Crippen MR) is 106 cm³/mol. The molecule has 0 spiro atoms. The maximum absolute atomic E-state index is 12.4. The topological polar surface area (TPSA) is 98.2 Å². The number of hydrogen-bond acceptors (Lipinski definition) is 6. The summed E-state index contributed by atoms with van der Waals surface area (Å²) < 4.78 is 11.1. The van der Waals surface area contributed by atoms with Gasteiger partial charge in [-0.1, -0.05) is 23.8 Å². The van der Waals surface area contributed by atoms with Gasteiger partial charge in [0.05, 0.1) is 11.5 Å². The number of carbonyl (C=O) groups is 1. The highest BCUT2D eigenvalue weighted by molar-refractivity contribution is 5.91. The number of nitriles is 1. The van der Waals surface area contributed by atoms with Crippen molar-refractivity contribution in [1.82, 2.24) is 4.98 Å². The van der Waals surface area contributed by atoms with Crippen LogP contribution in [0.5, 0.6) is 11.5 Å². The molecule has 0 aliphatic carbocycles. The van der Waals surface area contributed by atoms with Gasteiger partial charge in [0.1, 0.15) is 23.1 Å². The van der Waals surface area contributed by atoms with Crippen molar-refractivity contribution in [2.45, 2.75) is 12.8 Å². The fraction of sp³-hybridized carbons (Fsp3) is 0.0870. The molecule has 0 radical (unpaired) electrons. The first-order valence-corrected chi connectivity index (χ1v) is 8.97. The Kier molecular flexibility index (Phi) is 4.71. The molecule has 2 N–H and O–H groups in total. The molecule has 29 heavy (non-hydrogen) atoms. The number of benzene rings is 2. The Morgan fingerprint density at radius 3 is 2.55 bits per heavy atom. The van der Waals surface area contributed by atoms with Gasteiger partial charge < -0.3 is 15.2 Å². The van der Waals surface area contributed by atoms with Crippen molar-refractivity contribution in [3.8, 4) is 17.6 Å². The molecular formula is C23H17N3O3. The second kappa shape index (κ2) is 7.49. The van der Waals surface area contributed by atoms with Crippen molar-refractivity contribution in [3.05, 3.63) is 101 Å². The fourth-order valence-electron chi connectivity index (χ4n) is 3.25. The van der Waals surface area contributed by atoms with Crippen LogP contribution in [0.25, 0.3) is 0 Å². The second-order valence-corrected chi connectivity index (χ2v) is 6.66. The van der Waals surface area contributed by atoms with E-state index in [1.54, 1.807) is 42.7 Å². The molecule has 0 saturated heterocycles. The largest absolute Gasteiger partial charge is 0.440 e. The Labute approximate surface area is 167 Å². The number of aromatic nitrogens is 1. The number of pyridine rings is 1. The van der Waals surface area contributed by atoms with Gasteiger partial charge in [0.15, 0.2) is 0 Å². The minimum atomic E-state index is -0.465. The maximum atomic E-state index is 12.4. The highest BCUT2D eigenvalue weighted by atomic mass is 16.5. The number of nitrogens with zero attached hydrogens (tertiary/aromatic N) is 2. The smallest absolute Gasteiger partial charge is 0.343 e. The first kappa shape index (κ1) is 18.3. The highest BCUT2D eigenvalue weighted by Gasteiger charge is 2.31. The zero-order valence-electron chi connectivity index (χ0n) is 15.6. The van der Waals surface area contributed by atoms with E-state index in [9.17, 15) is 10.1 Å². The van der Waals surface area contributed by atoms with Crippen molar-refractivity contribution in [3.63, 3.8) is 0 Å². The van der Waals surface area contributed by atoms with Crippen LogP contribution in [0.3, 0.4) is 0 Å². The predicted octanol–water partition coefficient (Wildman–Crippen LogP) is 3.83. The molecule has 6 heteroatoms. The van der Waals surface area contributed by atoms with E-state index in [2.05, 4.69) is 11.1 Å². The zero-order valence-corrected chi connectivity index (χ0v) is 15.6. The normalized spacial score (nSPS) is 15.1. The molecule has 0 fully saturated rings. The van der Waals surface area contributed by atoms with Crippen LogP contribution >= 0.6 is 0 Å². The Morgan fingerprint density at radius 2 is 1.86 bits per heavy atom. The van der Waals surface area contributed by atoms with Crippen LogP contribution < -0.4 is 15.2 Å². The summed E-state index contributed by atoms with van der Waals surface area (Å²) in [4.78, 5) is 16.4. The van der Waals surface area contributed by atoms with E-state index < -0.39 is 5.97 Å². The summed E-state index contributed by atoms with van der Waals surface area (Å²) in [6, 6.07) is 18.0. The number of nitrogens with two attached hydrogens (primary N) is 1. The maximum Gasteiger partial charge on any atom is 0.343 e. The van der Waals surface area contributed by atoms with Gasteiger partial charge in [-0.05, 0) is 42.8 Å². The molecule has 2 aromatic carbocycles. The van der Waals surface area contributed by atoms with E-state index in [4.69, 9.17) is 15.2 Å². The molecule has 0 bridgehead atoms. The van der Waals surface area contributed by atoms with E-state index in [-0.39, 0.29) is 11.8 Å². The molecule has 2 heterocycles. The molecule has 0 saturated carbocycles. The van der Waals surface area contributed by atoms with Crippen LogP contribution in [-0.2, 0) is 0 Å². The zero-order chi connectivity index (χ0) is 20.4. The van der Waals surface area contributed by atoms with Crippen LogP contribution in [0, 0.1) is 18.3 Å². The number of ether oxygens (including phenoxy) is 2. The van der Waals surface area contributed by atoms with Crippen LogP contribution in [0.1, 0.15) is 33.0 Å². The molecule has 1 aliphatic rings. The number of rotatable bonds is 3.